The number of fused-ring (bicyclic) bond motifs is 1. The van der Waals surface area contributed by atoms with E-state index in [1.807, 2.05) is 36.4 Å². The summed E-state index contributed by atoms with van der Waals surface area (Å²) < 4.78 is 11.2. The summed E-state index contributed by atoms with van der Waals surface area (Å²) in [5.74, 6) is 2.21. The Hall–Kier alpha value is -4.20. The lowest BCUT2D eigenvalue weighted by Crippen LogP contribution is -2.15. The number of ether oxygens (including phenoxy) is 2. The zero-order valence-corrected chi connectivity index (χ0v) is 15.8. The van der Waals surface area contributed by atoms with Crippen LogP contribution >= 0.6 is 0 Å². The Kier molecular flexibility index (Phi) is 4.57. The number of pyridine rings is 1. The zero-order valence-electron chi connectivity index (χ0n) is 15.8. The van der Waals surface area contributed by atoms with Gasteiger partial charge in [0.1, 0.15) is 25.4 Å². The summed E-state index contributed by atoms with van der Waals surface area (Å²) in [6.07, 6.45) is 1.43. The molecule has 0 spiro atoms. The molecule has 8 nitrogen and oxygen atoms in total. The van der Waals surface area contributed by atoms with Crippen molar-refractivity contribution >= 4 is 11.7 Å². The van der Waals surface area contributed by atoms with Crippen molar-refractivity contribution in [2.24, 2.45) is 0 Å². The Morgan fingerprint density at radius 1 is 0.933 bits per heavy atom. The number of carbonyl (C=O) groups is 1. The number of aromatic nitrogens is 4. The molecule has 5 rings (SSSR count). The third-order valence-electron chi connectivity index (χ3n) is 4.64. The summed E-state index contributed by atoms with van der Waals surface area (Å²) in [6.45, 7) is 1.07. The average molecular weight is 399 g/mol. The van der Waals surface area contributed by atoms with E-state index in [4.69, 9.17) is 9.47 Å². The molecule has 2 aromatic carbocycles. The Morgan fingerprint density at radius 2 is 1.80 bits per heavy atom. The van der Waals surface area contributed by atoms with Gasteiger partial charge in [-0.3, -0.25) is 9.89 Å². The Labute approximate surface area is 171 Å². The molecule has 148 valence electrons. The summed E-state index contributed by atoms with van der Waals surface area (Å²) in [5, 5.41) is 9.49. The van der Waals surface area contributed by atoms with Gasteiger partial charge < -0.3 is 14.8 Å². The fraction of sp³-hybridized carbons (Fsp3) is 0.0909. The fourth-order valence-corrected chi connectivity index (χ4v) is 3.21. The lowest BCUT2D eigenvalue weighted by molar-refractivity contribution is 0.102. The van der Waals surface area contributed by atoms with Crippen LogP contribution in [-0.4, -0.2) is 39.3 Å². The molecule has 2 N–H and O–H groups in total. The van der Waals surface area contributed by atoms with Crippen molar-refractivity contribution in [1.82, 2.24) is 20.2 Å². The van der Waals surface area contributed by atoms with Crippen molar-refractivity contribution in [3.05, 3.63) is 72.6 Å². The molecule has 30 heavy (non-hydrogen) atoms. The number of nitrogens with one attached hydrogen (secondary N) is 2. The molecule has 0 saturated heterocycles. The van der Waals surface area contributed by atoms with Gasteiger partial charge in [0, 0.05) is 16.7 Å². The van der Waals surface area contributed by atoms with Crippen molar-refractivity contribution in [3.63, 3.8) is 0 Å². The van der Waals surface area contributed by atoms with Crippen LogP contribution in [0.25, 0.3) is 22.6 Å². The van der Waals surface area contributed by atoms with E-state index in [2.05, 4.69) is 25.5 Å². The molecule has 0 aliphatic carbocycles. The van der Waals surface area contributed by atoms with E-state index in [1.165, 1.54) is 6.33 Å². The van der Waals surface area contributed by atoms with Crippen LogP contribution in [-0.2, 0) is 0 Å². The largest absolute Gasteiger partial charge is 0.486 e. The van der Waals surface area contributed by atoms with Gasteiger partial charge in [-0.2, -0.15) is 5.10 Å². The molecular formula is C22H17N5O3. The van der Waals surface area contributed by atoms with Crippen LogP contribution in [0.5, 0.6) is 11.5 Å². The van der Waals surface area contributed by atoms with Crippen molar-refractivity contribution in [2.75, 3.05) is 18.5 Å². The van der Waals surface area contributed by atoms with E-state index >= 15 is 0 Å². The number of benzene rings is 2. The van der Waals surface area contributed by atoms with Crippen LogP contribution in [0.2, 0.25) is 0 Å². The standard InChI is InChI=1S/C22H17N5O3/c28-22(16-4-1-3-15(11-16)21-23-13-24-27-21)26-20-6-2-5-17(25-20)14-7-8-18-19(12-14)30-10-9-29-18/h1-8,11-13H,9-10H2,(H,23,24,27)(H,25,26,28). The monoisotopic (exact) mass is 399 g/mol. The number of nitrogens with zero attached hydrogens (tertiary/aromatic N) is 3. The minimum atomic E-state index is -0.261. The fourth-order valence-electron chi connectivity index (χ4n) is 3.21. The maximum atomic E-state index is 12.7. The van der Waals surface area contributed by atoms with Crippen LogP contribution in [0.1, 0.15) is 10.4 Å². The Morgan fingerprint density at radius 3 is 2.67 bits per heavy atom. The highest BCUT2D eigenvalue weighted by molar-refractivity contribution is 6.04. The Balaban J connectivity index is 1.37. The predicted octanol–water partition coefficient (Wildman–Crippen LogP) is 3.56. The number of anilines is 1. The number of rotatable bonds is 4. The van der Waals surface area contributed by atoms with Crippen molar-refractivity contribution < 1.29 is 14.3 Å². The van der Waals surface area contributed by atoms with Crippen LogP contribution in [0, 0.1) is 0 Å². The van der Waals surface area contributed by atoms with Gasteiger partial charge in [0.05, 0.1) is 5.69 Å². The van der Waals surface area contributed by atoms with Crippen molar-refractivity contribution in [2.45, 2.75) is 0 Å². The summed E-state index contributed by atoms with van der Waals surface area (Å²) in [7, 11) is 0. The SMILES string of the molecule is O=C(Nc1cccc(-c2ccc3c(c2)OCCO3)n1)c1cccc(-c2ncn[nH]2)c1. The summed E-state index contributed by atoms with van der Waals surface area (Å²) >= 11 is 0. The molecule has 0 bridgehead atoms. The molecule has 0 radical (unpaired) electrons. The topological polar surface area (TPSA) is 102 Å². The molecule has 0 atom stereocenters. The highest BCUT2D eigenvalue weighted by atomic mass is 16.6. The third kappa shape index (κ3) is 3.58. The lowest BCUT2D eigenvalue weighted by Gasteiger charge is -2.18. The second-order valence-electron chi connectivity index (χ2n) is 6.64. The maximum Gasteiger partial charge on any atom is 0.256 e. The zero-order chi connectivity index (χ0) is 20.3. The number of aromatic amines is 1. The first-order valence-electron chi connectivity index (χ1n) is 9.40. The number of H-pyrrole nitrogens is 1. The highest BCUT2D eigenvalue weighted by Crippen LogP contribution is 2.34. The van der Waals surface area contributed by atoms with E-state index in [-0.39, 0.29) is 5.91 Å². The van der Waals surface area contributed by atoms with Crippen LogP contribution < -0.4 is 14.8 Å². The molecule has 1 aliphatic heterocycles. The van der Waals surface area contributed by atoms with E-state index in [9.17, 15) is 4.79 Å². The highest BCUT2D eigenvalue weighted by Gasteiger charge is 2.14. The quantitative estimate of drug-likeness (QED) is 0.544. The van der Waals surface area contributed by atoms with Gasteiger partial charge in [-0.15, -0.1) is 0 Å². The van der Waals surface area contributed by atoms with Gasteiger partial charge in [-0.05, 0) is 42.5 Å². The number of hydrogen-bond acceptors (Lipinski definition) is 6. The molecule has 3 heterocycles. The predicted molar refractivity (Wildman–Crippen MR) is 110 cm³/mol. The van der Waals surface area contributed by atoms with Crippen LogP contribution in [0.3, 0.4) is 0 Å². The van der Waals surface area contributed by atoms with Crippen LogP contribution in [0.15, 0.2) is 67.0 Å². The third-order valence-corrected chi connectivity index (χ3v) is 4.64. The first-order valence-corrected chi connectivity index (χ1v) is 9.40. The molecule has 4 aromatic rings. The van der Waals surface area contributed by atoms with E-state index in [0.29, 0.717) is 36.2 Å². The van der Waals surface area contributed by atoms with Gasteiger partial charge >= 0.3 is 0 Å². The average Bonchev–Trinajstić information content (AvgIpc) is 3.34. The number of amides is 1. The minimum absolute atomic E-state index is 0.261. The van der Waals surface area contributed by atoms with Gasteiger partial charge in [0.25, 0.3) is 5.91 Å². The number of hydrogen-bond donors (Lipinski definition) is 2. The molecule has 0 saturated carbocycles. The summed E-state index contributed by atoms with van der Waals surface area (Å²) in [6, 6.07) is 18.3. The van der Waals surface area contributed by atoms with E-state index in [1.54, 1.807) is 24.3 Å². The smallest absolute Gasteiger partial charge is 0.256 e. The second kappa shape index (κ2) is 7.67. The van der Waals surface area contributed by atoms with Gasteiger partial charge in [0.15, 0.2) is 17.3 Å². The molecular weight excluding hydrogens is 382 g/mol. The Bertz CT molecular complexity index is 1210. The van der Waals surface area contributed by atoms with Gasteiger partial charge in [0.2, 0.25) is 0 Å². The maximum absolute atomic E-state index is 12.7. The summed E-state index contributed by atoms with van der Waals surface area (Å²) in [4.78, 5) is 21.4. The normalized spacial score (nSPS) is 12.4. The minimum Gasteiger partial charge on any atom is -0.486 e. The molecule has 1 amide bonds. The van der Waals surface area contributed by atoms with E-state index < -0.39 is 0 Å². The van der Waals surface area contributed by atoms with Gasteiger partial charge in [-0.25, -0.2) is 9.97 Å². The van der Waals surface area contributed by atoms with Gasteiger partial charge in [-0.1, -0.05) is 18.2 Å². The first-order chi connectivity index (χ1) is 14.8. The summed E-state index contributed by atoms with van der Waals surface area (Å²) in [5.41, 5.74) is 2.87. The molecule has 0 fully saturated rings. The molecule has 1 aliphatic rings. The first kappa shape index (κ1) is 17.9. The van der Waals surface area contributed by atoms with E-state index in [0.717, 1.165) is 22.6 Å². The molecule has 8 heteroatoms. The second-order valence-corrected chi connectivity index (χ2v) is 6.64. The lowest BCUT2D eigenvalue weighted by atomic mass is 10.1. The van der Waals surface area contributed by atoms with Crippen molar-refractivity contribution in [1.29, 1.82) is 0 Å². The molecule has 0 unspecified atom stereocenters. The molecule has 2 aromatic heterocycles. The number of carbonyl (C=O) groups excluding carboxylic acids is 1. The van der Waals surface area contributed by atoms with Crippen molar-refractivity contribution in [3.8, 4) is 34.1 Å². The van der Waals surface area contributed by atoms with Crippen LogP contribution in [0.4, 0.5) is 5.82 Å².